The Balaban J connectivity index is 0.000000160. The number of anilines is 2. The summed E-state index contributed by atoms with van der Waals surface area (Å²) >= 11 is 12.1. The van der Waals surface area contributed by atoms with Crippen LogP contribution in [0.15, 0.2) is 131 Å². The van der Waals surface area contributed by atoms with Crippen molar-refractivity contribution in [1.29, 1.82) is 0 Å². The summed E-state index contributed by atoms with van der Waals surface area (Å²) in [5.41, 5.74) is 11.8. The van der Waals surface area contributed by atoms with Crippen LogP contribution in [0.5, 0.6) is 0 Å². The third kappa shape index (κ3) is 10.3. The van der Waals surface area contributed by atoms with Gasteiger partial charge < -0.3 is 26.3 Å². The molecule has 0 unspecified atom stereocenters. The van der Waals surface area contributed by atoms with Gasteiger partial charge in [-0.25, -0.2) is 8.42 Å². The van der Waals surface area contributed by atoms with Gasteiger partial charge in [0.15, 0.2) is 0 Å². The van der Waals surface area contributed by atoms with E-state index in [1.807, 2.05) is 49.6 Å². The number of nitrogens with one attached hydrogen (secondary N) is 5. The van der Waals surface area contributed by atoms with Crippen LogP contribution in [0.3, 0.4) is 0 Å². The van der Waals surface area contributed by atoms with Crippen molar-refractivity contribution in [2.75, 3.05) is 37.1 Å². The van der Waals surface area contributed by atoms with Gasteiger partial charge in [-0.1, -0.05) is 66.5 Å². The largest absolute Gasteiger partial charge is 0.399 e. The molecule has 0 fully saturated rings. The average molecular weight is 860 g/mol. The lowest BCUT2D eigenvalue weighted by Gasteiger charge is -2.10. The maximum atomic E-state index is 12.9. The number of nitrogen functional groups attached to an aromatic ring is 1. The number of aromatic amines is 2. The van der Waals surface area contributed by atoms with Crippen LogP contribution in [0.4, 0.5) is 11.4 Å². The lowest BCUT2D eigenvalue weighted by atomic mass is 10.1. The maximum Gasteiger partial charge on any atom is 0.294 e. The van der Waals surface area contributed by atoms with Gasteiger partial charge in [0.2, 0.25) is 0 Å². The number of sulfonamides is 1. The molecule has 2 heterocycles. The van der Waals surface area contributed by atoms with E-state index < -0.39 is 20.1 Å². The highest BCUT2D eigenvalue weighted by Gasteiger charge is 2.16. The van der Waals surface area contributed by atoms with Gasteiger partial charge in [0, 0.05) is 66.4 Å². The molecule has 302 valence electrons. The minimum atomic E-state index is -4.15. The zero-order chi connectivity index (χ0) is 41.5. The summed E-state index contributed by atoms with van der Waals surface area (Å²) in [6.07, 6.45) is 5.93. The van der Waals surface area contributed by atoms with Crippen LogP contribution in [-0.4, -0.2) is 58.0 Å². The number of hydrogen-bond acceptors (Lipinski definition) is 7. The van der Waals surface area contributed by atoms with Crippen molar-refractivity contribution in [2.24, 2.45) is 0 Å². The normalized spacial score (nSPS) is 11.7. The zero-order valence-electron chi connectivity index (χ0n) is 31.8. The zero-order valence-corrected chi connectivity index (χ0v) is 35.0. The Morgan fingerprint density at radius 3 is 1.79 bits per heavy atom. The summed E-state index contributed by atoms with van der Waals surface area (Å²) in [6, 6.07) is 31.3. The molecule has 6 aromatic carbocycles. The smallest absolute Gasteiger partial charge is 0.294 e. The number of hydrogen-bond donors (Lipinski definition) is 7. The molecular weight excluding hydrogens is 816 g/mol. The van der Waals surface area contributed by atoms with Crippen LogP contribution >= 0.6 is 23.2 Å². The molecule has 0 aliphatic heterocycles. The van der Waals surface area contributed by atoms with E-state index in [9.17, 15) is 16.8 Å². The summed E-state index contributed by atoms with van der Waals surface area (Å²) in [7, 11) is -5.96. The third-order valence-corrected chi connectivity index (χ3v) is 12.4. The molecule has 15 heteroatoms. The molecule has 0 radical (unpaired) electrons. The summed E-state index contributed by atoms with van der Waals surface area (Å²) < 4.78 is 59.1. The Morgan fingerprint density at radius 2 is 1.21 bits per heavy atom. The van der Waals surface area contributed by atoms with Gasteiger partial charge in [-0.2, -0.15) is 8.42 Å². The Morgan fingerprint density at radius 1 is 0.655 bits per heavy atom. The van der Waals surface area contributed by atoms with Crippen LogP contribution in [0.2, 0.25) is 10.0 Å². The van der Waals surface area contributed by atoms with Gasteiger partial charge in [0.25, 0.3) is 20.1 Å². The molecule has 8 aromatic rings. The highest BCUT2D eigenvalue weighted by atomic mass is 35.5. The number of aromatic nitrogens is 2. The van der Waals surface area contributed by atoms with Crippen molar-refractivity contribution < 1.29 is 21.4 Å². The van der Waals surface area contributed by atoms with E-state index in [0.717, 1.165) is 76.3 Å². The van der Waals surface area contributed by atoms with Gasteiger partial charge >= 0.3 is 0 Å². The number of halogens is 2. The predicted molar refractivity (Wildman–Crippen MR) is 239 cm³/mol. The van der Waals surface area contributed by atoms with Gasteiger partial charge in [-0.05, 0) is 134 Å². The molecule has 11 nitrogen and oxygen atoms in total. The number of H-pyrrole nitrogens is 2. The van der Waals surface area contributed by atoms with E-state index in [-0.39, 0.29) is 9.79 Å². The number of fused-ring (bicyclic) bond motifs is 4. The van der Waals surface area contributed by atoms with E-state index in [1.54, 1.807) is 60.7 Å². The van der Waals surface area contributed by atoms with Gasteiger partial charge in [-0.15, -0.1) is 0 Å². The molecular formula is C43H44Cl2N6O5S2. The Kier molecular flexibility index (Phi) is 13.7. The molecule has 0 spiro atoms. The van der Waals surface area contributed by atoms with Crippen LogP contribution in [-0.2, 0) is 33.0 Å². The molecule has 0 amide bonds. The fraction of sp³-hybridized carbons (Fsp3) is 0.163. The van der Waals surface area contributed by atoms with Crippen LogP contribution in [0.25, 0.3) is 43.4 Å². The minimum Gasteiger partial charge on any atom is -0.399 e. The van der Waals surface area contributed by atoms with Gasteiger partial charge in [0.05, 0.1) is 9.79 Å². The fourth-order valence-corrected chi connectivity index (χ4v) is 8.59. The summed E-state index contributed by atoms with van der Waals surface area (Å²) in [6.45, 7) is 5.00. The van der Waals surface area contributed by atoms with E-state index >= 15 is 0 Å². The quantitative estimate of drug-likeness (QED) is 0.0382. The van der Waals surface area contributed by atoms with Gasteiger partial charge in [-0.3, -0.25) is 9.27 Å². The molecule has 0 aliphatic carbocycles. The second-order valence-electron chi connectivity index (χ2n) is 13.5. The topological polar surface area (TPSA) is 182 Å². The van der Waals surface area contributed by atoms with E-state index in [0.29, 0.717) is 21.1 Å². The molecule has 0 atom stereocenters. The average Bonchev–Trinajstić information content (AvgIpc) is 3.80. The van der Waals surface area contributed by atoms with Crippen molar-refractivity contribution in [3.05, 3.63) is 143 Å². The molecule has 58 heavy (non-hydrogen) atoms. The second kappa shape index (κ2) is 18.6. The molecule has 0 saturated heterocycles. The Bertz CT molecular complexity index is 2930. The predicted octanol–water partition coefficient (Wildman–Crippen LogP) is 9.18. The number of rotatable bonds is 11. The lowest BCUT2D eigenvalue weighted by molar-refractivity contribution is 0.483. The first-order valence-electron chi connectivity index (χ1n) is 18.4. The standard InChI is InChI=1S/C21H20ClN3O2S.C12H17N3.C10H7ClO3S/c1-23-10-9-15-13-24-21-8-5-16(12-19(15)21)25-28(26,27)17-6-7-18-14(11-17)3-2-4-20(18)22;1-2-14-6-5-9-8-15-12-4-3-10(13)7-11(9)12;11-10-3-1-2-7-6-8(15(12,13)14)4-5-9(7)10/h2-8,11-13,23-25H,9-10H2,1H3;3-4,7-8,14-15H,2,5-6,13H2,1H3;1-6H,(H,12,13,14). The number of likely N-dealkylation sites (N-methyl/N-ethyl adjacent to an activating group) is 2. The summed E-state index contributed by atoms with van der Waals surface area (Å²) in [5, 5.41) is 12.9. The minimum absolute atomic E-state index is 0.128. The maximum absolute atomic E-state index is 12.9. The first-order valence-corrected chi connectivity index (χ1v) is 22.1. The van der Waals surface area contributed by atoms with Crippen molar-refractivity contribution in [1.82, 2.24) is 20.6 Å². The number of benzene rings is 6. The van der Waals surface area contributed by atoms with Crippen LogP contribution in [0, 0.1) is 0 Å². The second-order valence-corrected chi connectivity index (χ2v) is 17.4. The summed E-state index contributed by atoms with van der Waals surface area (Å²) in [4.78, 5) is 6.56. The summed E-state index contributed by atoms with van der Waals surface area (Å²) in [5.74, 6) is 0. The first kappa shape index (κ1) is 42.5. The molecule has 0 bridgehead atoms. The fourth-order valence-electron chi connectivity index (χ4n) is 6.50. The van der Waals surface area contributed by atoms with Crippen LogP contribution < -0.4 is 21.1 Å². The monoisotopic (exact) mass is 858 g/mol. The van der Waals surface area contributed by atoms with Crippen molar-refractivity contribution in [3.63, 3.8) is 0 Å². The van der Waals surface area contributed by atoms with Crippen molar-refractivity contribution >= 4 is 98.1 Å². The Labute approximate surface area is 347 Å². The van der Waals surface area contributed by atoms with Crippen LogP contribution in [0.1, 0.15) is 18.1 Å². The lowest BCUT2D eigenvalue weighted by Crippen LogP contribution is -2.15. The van der Waals surface area contributed by atoms with E-state index in [4.69, 9.17) is 33.5 Å². The molecule has 8 N–H and O–H groups in total. The highest BCUT2D eigenvalue weighted by Crippen LogP contribution is 2.29. The molecule has 2 aromatic heterocycles. The van der Waals surface area contributed by atoms with E-state index in [1.165, 1.54) is 23.1 Å². The molecule has 0 saturated carbocycles. The highest BCUT2D eigenvalue weighted by molar-refractivity contribution is 7.92. The number of nitrogens with two attached hydrogens (primary N) is 1. The van der Waals surface area contributed by atoms with E-state index in [2.05, 4.69) is 38.4 Å². The Hall–Kier alpha value is -5.12. The first-order chi connectivity index (χ1) is 27.8. The molecule has 8 rings (SSSR count). The third-order valence-electron chi connectivity index (χ3n) is 9.48. The molecule has 0 aliphatic rings. The van der Waals surface area contributed by atoms with Crippen molar-refractivity contribution in [3.8, 4) is 0 Å². The SMILES string of the molecule is CCNCCc1c[nH]c2ccc(N)cc12.CNCCc1c[nH]c2ccc(NS(=O)(=O)c3ccc4c(Cl)cccc4c3)cc12.O=S(=O)(O)c1ccc2c(Cl)cccc2c1. The van der Waals surface area contributed by atoms with Gasteiger partial charge in [0.1, 0.15) is 0 Å². The van der Waals surface area contributed by atoms with Crippen molar-refractivity contribution in [2.45, 2.75) is 29.6 Å².